The first kappa shape index (κ1) is 31.7. The highest BCUT2D eigenvalue weighted by Crippen LogP contribution is 2.30. The molecular weight excluding hydrogens is 558 g/mol. The lowest BCUT2D eigenvalue weighted by Gasteiger charge is -2.26. The lowest BCUT2D eigenvalue weighted by atomic mass is 9.93. The number of aromatic nitrogens is 2. The standard InChI is InChI=1S/C39H43N3O3/c1-7-8-19-35-40-33-23-21-30(41-39(5,6)36(43)29-17-13-10-14-18-29)25-34(33)42(35)26-27-20-22-31(28-15-11-9-12-16-28)32(24-27)37(44)45-38(2,3)4/h9-18,20-25,41H,7-8,19,26H2,1-6H3. The number of rotatable bonds is 11. The molecule has 0 saturated heterocycles. The summed E-state index contributed by atoms with van der Waals surface area (Å²) >= 11 is 0. The Morgan fingerprint density at radius 3 is 2.20 bits per heavy atom. The molecule has 0 aliphatic carbocycles. The lowest BCUT2D eigenvalue weighted by Crippen LogP contribution is -2.40. The molecule has 6 heteroatoms. The van der Waals surface area contributed by atoms with Crippen LogP contribution in [0.2, 0.25) is 0 Å². The first-order valence-electron chi connectivity index (χ1n) is 15.7. The molecule has 232 valence electrons. The highest BCUT2D eigenvalue weighted by molar-refractivity contribution is 6.04. The van der Waals surface area contributed by atoms with Crippen LogP contribution in [0.4, 0.5) is 5.69 Å². The lowest BCUT2D eigenvalue weighted by molar-refractivity contribution is 0.00702. The van der Waals surface area contributed by atoms with Gasteiger partial charge in [-0.3, -0.25) is 4.79 Å². The molecule has 0 aliphatic heterocycles. The molecule has 45 heavy (non-hydrogen) atoms. The Kier molecular flexibility index (Phi) is 9.24. The quantitative estimate of drug-likeness (QED) is 0.121. The number of benzene rings is 4. The Morgan fingerprint density at radius 1 is 0.844 bits per heavy atom. The third-order valence-corrected chi connectivity index (χ3v) is 7.77. The first-order valence-corrected chi connectivity index (χ1v) is 15.7. The molecule has 0 fully saturated rings. The van der Waals surface area contributed by atoms with Gasteiger partial charge in [-0.05, 0) is 82.0 Å². The summed E-state index contributed by atoms with van der Waals surface area (Å²) in [5.41, 5.74) is 5.26. The van der Waals surface area contributed by atoms with Gasteiger partial charge < -0.3 is 14.6 Å². The number of carbonyl (C=O) groups is 2. The SMILES string of the molecule is CCCCc1nc2ccc(NC(C)(C)C(=O)c3ccccc3)cc2n1Cc1ccc(-c2ccccc2)c(C(=O)OC(C)(C)C)c1. The van der Waals surface area contributed by atoms with Gasteiger partial charge in [0.2, 0.25) is 0 Å². The van der Waals surface area contributed by atoms with E-state index in [-0.39, 0.29) is 11.8 Å². The molecule has 0 radical (unpaired) electrons. The molecule has 0 atom stereocenters. The van der Waals surface area contributed by atoms with Gasteiger partial charge in [0.05, 0.1) is 22.1 Å². The Balaban J connectivity index is 1.53. The summed E-state index contributed by atoms with van der Waals surface area (Å²) in [5, 5.41) is 3.47. The summed E-state index contributed by atoms with van der Waals surface area (Å²) in [6.45, 7) is 12.2. The Morgan fingerprint density at radius 2 is 1.53 bits per heavy atom. The maximum Gasteiger partial charge on any atom is 0.339 e. The molecule has 5 rings (SSSR count). The van der Waals surface area contributed by atoms with E-state index in [0.717, 1.165) is 58.5 Å². The maximum absolute atomic E-state index is 13.5. The van der Waals surface area contributed by atoms with Crippen molar-refractivity contribution in [3.05, 3.63) is 120 Å². The van der Waals surface area contributed by atoms with Crippen molar-refractivity contribution in [2.75, 3.05) is 5.32 Å². The van der Waals surface area contributed by atoms with E-state index in [1.165, 1.54) is 0 Å². The van der Waals surface area contributed by atoms with Crippen molar-refractivity contribution in [2.45, 2.75) is 78.5 Å². The Hall–Kier alpha value is -4.71. The van der Waals surface area contributed by atoms with Crippen molar-refractivity contribution in [1.29, 1.82) is 0 Å². The molecule has 0 aliphatic rings. The molecule has 0 spiro atoms. The van der Waals surface area contributed by atoms with Crippen LogP contribution in [0.25, 0.3) is 22.2 Å². The summed E-state index contributed by atoms with van der Waals surface area (Å²) < 4.78 is 8.08. The number of aryl methyl sites for hydroxylation is 1. The minimum atomic E-state index is -0.819. The molecule has 6 nitrogen and oxygen atoms in total. The Bertz CT molecular complexity index is 1800. The van der Waals surface area contributed by atoms with Gasteiger partial charge in [0, 0.05) is 24.2 Å². The van der Waals surface area contributed by atoms with E-state index in [0.29, 0.717) is 17.7 Å². The molecule has 0 bridgehead atoms. The zero-order chi connectivity index (χ0) is 32.2. The van der Waals surface area contributed by atoms with Crippen LogP contribution in [0.15, 0.2) is 97.1 Å². The minimum Gasteiger partial charge on any atom is -0.456 e. The van der Waals surface area contributed by atoms with E-state index in [1.807, 2.05) is 120 Å². The van der Waals surface area contributed by atoms with Crippen LogP contribution in [0.1, 0.15) is 86.5 Å². The highest BCUT2D eigenvalue weighted by atomic mass is 16.6. The summed E-state index contributed by atoms with van der Waals surface area (Å²) in [7, 11) is 0. The Labute approximate surface area is 266 Å². The predicted octanol–water partition coefficient (Wildman–Crippen LogP) is 9.12. The van der Waals surface area contributed by atoms with Crippen LogP contribution in [-0.4, -0.2) is 32.4 Å². The van der Waals surface area contributed by atoms with E-state index in [4.69, 9.17) is 9.72 Å². The van der Waals surface area contributed by atoms with Gasteiger partial charge in [-0.1, -0.05) is 86.1 Å². The molecule has 1 heterocycles. The summed E-state index contributed by atoms with van der Waals surface area (Å²) in [6.07, 6.45) is 2.91. The van der Waals surface area contributed by atoms with Gasteiger partial charge in [-0.25, -0.2) is 9.78 Å². The minimum absolute atomic E-state index is 0.0218. The predicted molar refractivity (Wildman–Crippen MR) is 183 cm³/mol. The number of esters is 1. The number of hydrogen-bond acceptors (Lipinski definition) is 5. The number of nitrogens with one attached hydrogen (secondary N) is 1. The van der Waals surface area contributed by atoms with E-state index >= 15 is 0 Å². The van der Waals surface area contributed by atoms with E-state index in [9.17, 15) is 9.59 Å². The molecule has 1 N–H and O–H groups in total. The molecule has 4 aromatic carbocycles. The number of hydrogen-bond donors (Lipinski definition) is 1. The third-order valence-electron chi connectivity index (χ3n) is 7.77. The number of nitrogens with zero attached hydrogens (tertiary/aromatic N) is 2. The van der Waals surface area contributed by atoms with Crippen molar-refractivity contribution in [1.82, 2.24) is 9.55 Å². The average Bonchev–Trinajstić information content (AvgIpc) is 3.35. The number of imidazole rings is 1. The fourth-order valence-corrected chi connectivity index (χ4v) is 5.56. The number of anilines is 1. The molecule has 0 amide bonds. The summed E-state index contributed by atoms with van der Waals surface area (Å²) in [6, 6.07) is 31.4. The van der Waals surface area contributed by atoms with Gasteiger partial charge >= 0.3 is 5.97 Å². The van der Waals surface area contributed by atoms with Crippen LogP contribution >= 0.6 is 0 Å². The van der Waals surface area contributed by atoms with Gasteiger partial charge in [-0.2, -0.15) is 0 Å². The second-order valence-corrected chi connectivity index (χ2v) is 13.1. The van der Waals surface area contributed by atoms with Crippen LogP contribution in [0.5, 0.6) is 0 Å². The fourth-order valence-electron chi connectivity index (χ4n) is 5.56. The van der Waals surface area contributed by atoms with Crippen LogP contribution in [0.3, 0.4) is 0 Å². The van der Waals surface area contributed by atoms with Crippen LogP contribution in [0, 0.1) is 0 Å². The number of ketones is 1. The van der Waals surface area contributed by atoms with Gasteiger partial charge in [0.25, 0.3) is 0 Å². The average molecular weight is 602 g/mol. The third kappa shape index (κ3) is 7.51. The zero-order valence-electron chi connectivity index (χ0n) is 27.2. The van der Waals surface area contributed by atoms with Crippen molar-refractivity contribution in [2.24, 2.45) is 0 Å². The number of unbranched alkanes of at least 4 members (excludes halogenated alkanes) is 1. The zero-order valence-corrected chi connectivity index (χ0v) is 27.2. The monoisotopic (exact) mass is 601 g/mol. The van der Waals surface area contributed by atoms with E-state index < -0.39 is 11.1 Å². The van der Waals surface area contributed by atoms with Crippen molar-refractivity contribution in [3.63, 3.8) is 0 Å². The second kappa shape index (κ2) is 13.1. The van der Waals surface area contributed by atoms with Crippen molar-refractivity contribution < 1.29 is 14.3 Å². The van der Waals surface area contributed by atoms with Gasteiger partial charge in [-0.15, -0.1) is 0 Å². The highest BCUT2D eigenvalue weighted by Gasteiger charge is 2.29. The largest absolute Gasteiger partial charge is 0.456 e. The van der Waals surface area contributed by atoms with Crippen LogP contribution < -0.4 is 5.32 Å². The van der Waals surface area contributed by atoms with Gasteiger partial charge in [0.1, 0.15) is 11.4 Å². The fraction of sp³-hybridized carbons (Fsp3) is 0.308. The van der Waals surface area contributed by atoms with Gasteiger partial charge in [0.15, 0.2) is 5.78 Å². The van der Waals surface area contributed by atoms with Crippen LogP contribution in [-0.2, 0) is 17.7 Å². The molecule has 0 unspecified atom stereocenters. The number of ether oxygens (including phenoxy) is 1. The maximum atomic E-state index is 13.5. The summed E-state index contributed by atoms with van der Waals surface area (Å²) in [4.78, 5) is 31.9. The summed E-state index contributed by atoms with van der Waals surface area (Å²) in [5.74, 6) is 0.671. The number of Topliss-reactive ketones (excluding diaryl/α,β-unsaturated/α-hetero) is 1. The molecule has 0 saturated carbocycles. The second-order valence-electron chi connectivity index (χ2n) is 13.1. The molecular formula is C39H43N3O3. The molecule has 1 aromatic heterocycles. The first-order chi connectivity index (χ1) is 21.4. The van der Waals surface area contributed by atoms with Crippen molar-refractivity contribution >= 4 is 28.5 Å². The van der Waals surface area contributed by atoms with Crippen molar-refractivity contribution in [3.8, 4) is 11.1 Å². The smallest absolute Gasteiger partial charge is 0.339 e. The number of fused-ring (bicyclic) bond motifs is 1. The molecule has 5 aromatic rings. The topological polar surface area (TPSA) is 73.2 Å². The normalized spacial score (nSPS) is 11.9. The number of carbonyl (C=O) groups excluding carboxylic acids is 2. The van der Waals surface area contributed by atoms with E-state index in [2.05, 4.69) is 28.9 Å². The van der Waals surface area contributed by atoms with E-state index in [1.54, 1.807) is 0 Å².